The number of oxazole rings is 1. The van der Waals surface area contributed by atoms with E-state index in [1.54, 1.807) is 16.2 Å². The minimum Gasteiger partial charge on any atom is -0.489 e. The van der Waals surface area contributed by atoms with Gasteiger partial charge in [0.25, 0.3) is 0 Å². The molecule has 0 saturated carbocycles. The van der Waals surface area contributed by atoms with Crippen LogP contribution >= 0.6 is 22.6 Å². The van der Waals surface area contributed by atoms with Crippen LogP contribution in [-0.4, -0.2) is 29.4 Å². The van der Waals surface area contributed by atoms with Gasteiger partial charge in [0.1, 0.15) is 24.2 Å². The number of aliphatic imine (C=N–C) groups is 1. The summed E-state index contributed by atoms with van der Waals surface area (Å²) in [6.07, 6.45) is 7.62. The maximum atomic E-state index is 11.8. The molecule has 0 radical (unpaired) electrons. The highest BCUT2D eigenvalue weighted by atomic mass is 127. The van der Waals surface area contributed by atoms with Crippen LogP contribution in [0.15, 0.2) is 86.1 Å². The fourth-order valence-corrected chi connectivity index (χ4v) is 4.30. The fourth-order valence-electron chi connectivity index (χ4n) is 4.09. The van der Waals surface area contributed by atoms with Crippen LogP contribution in [0.3, 0.4) is 0 Å². The van der Waals surface area contributed by atoms with Gasteiger partial charge in [-0.2, -0.15) is 0 Å². The highest BCUT2D eigenvalue weighted by Crippen LogP contribution is 2.35. The number of ether oxygens (including phenoxy) is 2. The van der Waals surface area contributed by atoms with Crippen LogP contribution in [0.1, 0.15) is 40.9 Å². The van der Waals surface area contributed by atoms with E-state index >= 15 is 0 Å². The molecular formula is C28H27IN2O5. The van der Waals surface area contributed by atoms with Crippen molar-refractivity contribution < 1.29 is 23.8 Å². The van der Waals surface area contributed by atoms with Gasteiger partial charge in [-0.25, -0.2) is 14.8 Å². The summed E-state index contributed by atoms with van der Waals surface area (Å²) in [5.41, 5.74) is 3.69. The number of aryl methyl sites for hydroxylation is 1. The van der Waals surface area contributed by atoms with Gasteiger partial charge in [0, 0.05) is 0 Å². The van der Waals surface area contributed by atoms with E-state index in [0.717, 1.165) is 30.6 Å². The predicted molar refractivity (Wildman–Crippen MR) is 145 cm³/mol. The average molecular weight is 598 g/mol. The van der Waals surface area contributed by atoms with E-state index in [1.807, 2.05) is 59.0 Å². The minimum atomic E-state index is -0.841. The third-order valence-electron chi connectivity index (χ3n) is 5.99. The van der Waals surface area contributed by atoms with Crippen molar-refractivity contribution in [1.82, 2.24) is 4.98 Å². The van der Waals surface area contributed by atoms with E-state index in [-0.39, 0.29) is 17.5 Å². The molecule has 0 fully saturated rings. The van der Waals surface area contributed by atoms with E-state index in [1.165, 1.54) is 30.6 Å². The van der Waals surface area contributed by atoms with Gasteiger partial charge < -0.3 is 19.0 Å². The Morgan fingerprint density at radius 1 is 1.28 bits per heavy atom. The van der Waals surface area contributed by atoms with Crippen LogP contribution in [0.2, 0.25) is 0 Å². The van der Waals surface area contributed by atoms with Gasteiger partial charge in [-0.3, -0.25) is 0 Å². The number of halogens is 1. The molecular weight excluding hydrogens is 571 g/mol. The number of aliphatic hydroxyl groups is 1. The average Bonchev–Trinajstić information content (AvgIpc) is 3.40. The molecule has 0 spiro atoms. The molecule has 1 aliphatic carbocycles. The lowest BCUT2D eigenvalue weighted by Gasteiger charge is -2.27. The number of aliphatic hydroxyl groups excluding tert-OH is 1. The molecule has 1 heterocycles. The van der Waals surface area contributed by atoms with Crippen molar-refractivity contribution in [2.75, 3.05) is 7.11 Å². The Kier molecular flexibility index (Phi) is 9.07. The SMILES string of the molecule is COC(=O)C(=C/C=C\I)/N=C/c1cnc(C(O)C2CCc3cc(OCc4ccccc4)ccc3C2)o1. The number of hydrogen-bond donors (Lipinski definition) is 1. The number of aromatic nitrogens is 1. The number of fused-ring (bicyclic) bond motifs is 1. The summed E-state index contributed by atoms with van der Waals surface area (Å²) in [6.45, 7) is 0.530. The first-order chi connectivity index (χ1) is 17.6. The van der Waals surface area contributed by atoms with Gasteiger partial charge in [0.2, 0.25) is 5.89 Å². The topological polar surface area (TPSA) is 94.2 Å². The number of methoxy groups -OCH3 is 1. The predicted octanol–water partition coefficient (Wildman–Crippen LogP) is 5.52. The molecule has 0 bridgehead atoms. The van der Waals surface area contributed by atoms with Gasteiger partial charge in [-0.1, -0.05) is 65.1 Å². The monoisotopic (exact) mass is 598 g/mol. The Morgan fingerprint density at radius 3 is 2.89 bits per heavy atom. The molecule has 0 saturated heterocycles. The first kappa shape index (κ1) is 25.8. The molecule has 2 atom stereocenters. The highest BCUT2D eigenvalue weighted by Gasteiger charge is 2.29. The molecule has 8 heteroatoms. The second-order valence-electron chi connectivity index (χ2n) is 8.37. The molecule has 1 aliphatic rings. The Bertz CT molecular complexity index is 1270. The van der Waals surface area contributed by atoms with Gasteiger partial charge >= 0.3 is 5.97 Å². The highest BCUT2D eigenvalue weighted by molar-refractivity contribution is 14.1. The first-order valence-electron chi connectivity index (χ1n) is 11.6. The van der Waals surface area contributed by atoms with E-state index in [9.17, 15) is 9.90 Å². The number of carbonyl (C=O) groups is 1. The first-order valence-corrected chi connectivity index (χ1v) is 12.8. The molecule has 1 N–H and O–H groups in total. The second-order valence-corrected chi connectivity index (χ2v) is 9.09. The summed E-state index contributed by atoms with van der Waals surface area (Å²) < 4.78 is 18.2. The normalized spacial score (nSPS) is 16.8. The van der Waals surface area contributed by atoms with Gasteiger partial charge in [-0.15, -0.1) is 0 Å². The van der Waals surface area contributed by atoms with Gasteiger partial charge in [0.05, 0.1) is 19.5 Å². The number of hydrogen-bond acceptors (Lipinski definition) is 7. The summed E-state index contributed by atoms with van der Waals surface area (Å²) in [5, 5.41) is 10.9. The maximum absolute atomic E-state index is 11.8. The largest absolute Gasteiger partial charge is 0.489 e. The van der Waals surface area contributed by atoms with Crippen molar-refractivity contribution >= 4 is 34.8 Å². The van der Waals surface area contributed by atoms with Crippen molar-refractivity contribution in [3.63, 3.8) is 0 Å². The Labute approximate surface area is 223 Å². The summed E-state index contributed by atoms with van der Waals surface area (Å²) >= 11 is 2.04. The van der Waals surface area contributed by atoms with Crippen molar-refractivity contribution in [3.05, 3.63) is 105 Å². The Hall–Kier alpha value is -3.24. The molecule has 186 valence electrons. The zero-order valence-electron chi connectivity index (χ0n) is 19.8. The van der Waals surface area contributed by atoms with Crippen LogP contribution in [0, 0.1) is 5.92 Å². The van der Waals surface area contributed by atoms with E-state index < -0.39 is 12.1 Å². The number of allylic oxidation sites excluding steroid dienone is 2. The zero-order valence-corrected chi connectivity index (χ0v) is 22.0. The summed E-state index contributed by atoms with van der Waals surface area (Å²) in [5.74, 6) is 0.853. The molecule has 1 aromatic heterocycles. The van der Waals surface area contributed by atoms with Crippen LogP contribution in [-0.2, 0) is 29.0 Å². The van der Waals surface area contributed by atoms with E-state index in [4.69, 9.17) is 13.9 Å². The summed E-state index contributed by atoms with van der Waals surface area (Å²) in [7, 11) is 1.29. The summed E-state index contributed by atoms with van der Waals surface area (Å²) in [6, 6.07) is 16.2. The Balaban J connectivity index is 1.38. The maximum Gasteiger partial charge on any atom is 0.356 e. The van der Waals surface area contributed by atoms with Crippen molar-refractivity contribution in [2.24, 2.45) is 10.9 Å². The van der Waals surface area contributed by atoms with Crippen LogP contribution in [0.25, 0.3) is 0 Å². The minimum absolute atomic E-state index is 0.0173. The molecule has 7 nitrogen and oxygen atoms in total. The molecule has 0 amide bonds. The van der Waals surface area contributed by atoms with Gasteiger partial charge in [-0.05, 0) is 64.2 Å². The second kappa shape index (κ2) is 12.6. The van der Waals surface area contributed by atoms with Crippen LogP contribution in [0.4, 0.5) is 0 Å². The lowest BCUT2D eigenvalue weighted by molar-refractivity contribution is -0.136. The molecule has 2 unspecified atom stereocenters. The number of benzene rings is 2. The lowest BCUT2D eigenvalue weighted by Crippen LogP contribution is -2.21. The molecule has 4 rings (SSSR count). The van der Waals surface area contributed by atoms with Crippen LogP contribution in [0.5, 0.6) is 5.75 Å². The van der Waals surface area contributed by atoms with Crippen molar-refractivity contribution in [1.29, 1.82) is 0 Å². The Morgan fingerprint density at radius 2 is 2.11 bits per heavy atom. The molecule has 36 heavy (non-hydrogen) atoms. The molecule has 2 aromatic carbocycles. The number of esters is 1. The number of carbonyl (C=O) groups excluding carboxylic acids is 1. The van der Waals surface area contributed by atoms with Crippen LogP contribution < -0.4 is 4.74 Å². The van der Waals surface area contributed by atoms with Gasteiger partial charge in [0.15, 0.2) is 5.76 Å². The summed E-state index contributed by atoms with van der Waals surface area (Å²) in [4.78, 5) is 20.2. The molecule has 0 aliphatic heterocycles. The number of rotatable bonds is 9. The van der Waals surface area contributed by atoms with Crippen molar-refractivity contribution in [2.45, 2.75) is 32.0 Å². The third-order valence-corrected chi connectivity index (χ3v) is 6.40. The standard InChI is InChI=1S/C28H27IN2O5/c1-34-28(33)25(8-5-13-29)30-16-24-17-31-27(36-24)26(32)22-10-9-21-15-23(12-11-20(21)14-22)35-18-19-6-3-2-4-7-19/h2-8,11-13,15-17,22,26,32H,9-10,14,18H2,1H3/b13-5-,25-8-,30-16+. The fraction of sp³-hybridized carbons (Fsp3) is 0.250. The molecule has 3 aromatic rings. The number of nitrogens with zero attached hydrogens (tertiary/aromatic N) is 2. The smallest absolute Gasteiger partial charge is 0.356 e. The lowest BCUT2D eigenvalue weighted by atomic mass is 9.81. The quantitative estimate of drug-likeness (QED) is 0.115. The zero-order chi connectivity index (χ0) is 25.3. The van der Waals surface area contributed by atoms with E-state index in [0.29, 0.717) is 12.4 Å². The van der Waals surface area contributed by atoms with E-state index in [2.05, 4.69) is 22.1 Å². The third kappa shape index (κ3) is 6.70. The van der Waals surface area contributed by atoms with Crippen molar-refractivity contribution in [3.8, 4) is 5.75 Å².